The molecule has 1 aliphatic heterocycles. The SMILES string of the molecule is C#CCS(=O)(=O)c1ccccc1C=CC1=NNC(=O)CC1C. The lowest BCUT2D eigenvalue weighted by molar-refractivity contribution is -0.121. The average molecular weight is 316 g/mol. The highest BCUT2D eigenvalue weighted by Crippen LogP contribution is 2.19. The van der Waals surface area contributed by atoms with Crippen LogP contribution in [0.2, 0.25) is 0 Å². The minimum absolute atomic E-state index is 0.0144. The van der Waals surface area contributed by atoms with Crippen molar-refractivity contribution in [2.24, 2.45) is 11.0 Å². The van der Waals surface area contributed by atoms with Crippen LogP contribution in [0.25, 0.3) is 6.08 Å². The van der Waals surface area contributed by atoms with Gasteiger partial charge in [-0.1, -0.05) is 37.1 Å². The first-order valence-electron chi connectivity index (χ1n) is 6.74. The van der Waals surface area contributed by atoms with Gasteiger partial charge in [-0.3, -0.25) is 4.79 Å². The minimum Gasteiger partial charge on any atom is -0.273 e. The van der Waals surface area contributed by atoms with Crippen molar-refractivity contribution in [3.05, 3.63) is 35.9 Å². The van der Waals surface area contributed by atoms with Gasteiger partial charge in [-0.15, -0.1) is 6.42 Å². The first-order valence-corrected chi connectivity index (χ1v) is 8.39. The number of terminal acetylenes is 1. The molecule has 0 aliphatic carbocycles. The predicted molar refractivity (Wildman–Crippen MR) is 85.7 cm³/mol. The smallest absolute Gasteiger partial charge is 0.240 e. The number of nitrogens with zero attached hydrogens (tertiary/aromatic N) is 1. The summed E-state index contributed by atoms with van der Waals surface area (Å²) in [5, 5.41) is 3.98. The monoisotopic (exact) mass is 316 g/mol. The van der Waals surface area contributed by atoms with Crippen LogP contribution < -0.4 is 5.43 Å². The molecule has 0 spiro atoms. The summed E-state index contributed by atoms with van der Waals surface area (Å²) in [6.45, 7) is 1.89. The quantitative estimate of drug-likeness (QED) is 0.858. The molecule has 1 amide bonds. The van der Waals surface area contributed by atoms with Crippen molar-refractivity contribution in [3.63, 3.8) is 0 Å². The summed E-state index contributed by atoms with van der Waals surface area (Å²) in [4.78, 5) is 11.4. The molecule has 1 heterocycles. The lowest BCUT2D eigenvalue weighted by Gasteiger charge is -2.16. The number of rotatable bonds is 4. The molecule has 0 bridgehead atoms. The maximum absolute atomic E-state index is 12.1. The second-order valence-electron chi connectivity index (χ2n) is 5.01. The van der Waals surface area contributed by atoms with Crippen molar-refractivity contribution in [1.82, 2.24) is 5.43 Å². The van der Waals surface area contributed by atoms with Gasteiger partial charge in [-0.2, -0.15) is 5.10 Å². The third-order valence-corrected chi connectivity index (χ3v) is 4.86. The molecule has 5 nitrogen and oxygen atoms in total. The molecule has 0 saturated carbocycles. The molecule has 0 fully saturated rings. The van der Waals surface area contributed by atoms with E-state index in [2.05, 4.69) is 16.4 Å². The second-order valence-corrected chi connectivity index (χ2v) is 6.97. The van der Waals surface area contributed by atoms with E-state index < -0.39 is 9.84 Å². The van der Waals surface area contributed by atoms with E-state index in [9.17, 15) is 13.2 Å². The Kier molecular flexibility index (Phi) is 4.78. The number of sulfone groups is 1. The highest BCUT2D eigenvalue weighted by atomic mass is 32.2. The number of carbonyl (C=O) groups excluding carboxylic acids is 1. The summed E-state index contributed by atoms with van der Waals surface area (Å²) in [7, 11) is -3.51. The molecule has 114 valence electrons. The molecule has 0 aromatic heterocycles. The zero-order chi connectivity index (χ0) is 16.2. The third-order valence-electron chi connectivity index (χ3n) is 3.27. The Labute approximate surface area is 130 Å². The van der Waals surface area contributed by atoms with Gasteiger partial charge in [-0.05, 0) is 17.7 Å². The number of amides is 1. The lowest BCUT2D eigenvalue weighted by atomic mass is 9.99. The normalized spacial score (nSPS) is 18.6. The van der Waals surface area contributed by atoms with Gasteiger partial charge in [-0.25, -0.2) is 13.8 Å². The fourth-order valence-electron chi connectivity index (χ4n) is 2.13. The standard InChI is InChI=1S/C16H16N2O3S/c1-3-10-22(20,21)15-7-5-4-6-13(15)8-9-14-12(2)11-16(19)18-17-14/h1,4-9,12H,10-11H2,2H3,(H,18,19). The molecule has 1 unspecified atom stereocenters. The molecule has 1 aliphatic rings. The highest BCUT2D eigenvalue weighted by Gasteiger charge is 2.19. The maximum atomic E-state index is 12.1. The van der Waals surface area contributed by atoms with Gasteiger partial charge < -0.3 is 0 Å². The van der Waals surface area contributed by atoms with Crippen LogP contribution in [0, 0.1) is 18.3 Å². The number of benzene rings is 1. The Morgan fingerprint density at radius 3 is 2.82 bits per heavy atom. The molecule has 1 N–H and O–H groups in total. The van der Waals surface area contributed by atoms with Crippen molar-refractivity contribution in [2.45, 2.75) is 18.2 Å². The van der Waals surface area contributed by atoms with Gasteiger partial charge >= 0.3 is 0 Å². The Bertz CT molecular complexity index is 786. The Morgan fingerprint density at radius 1 is 1.41 bits per heavy atom. The molecule has 1 aromatic rings. The zero-order valence-corrected chi connectivity index (χ0v) is 12.9. The summed E-state index contributed by atoms with van der Waals surface area (Å²) in [5.41, 5.74) is 3.66. The van der Waals surface area contributed by atoms with Crippen LogP contribution in [-0.4, -0.2) is 25.8 Å². The molecule has 22 heavy (non-hydrogen) atoms. The number of allylic oxidation sites excluding steroid dienone is 1. The van der Waals surface area contributed by atoms with Gasteiger partial charge in [0.1, 0.15) is 5.75 Å². The lowest BCUT2D eigenvalue weighted by Crippen LogP contribution is -2.30. The fraction of sp³-hybridized carbons (Fsp3) is 0.250. The van der Waals surface area contributed by atoms with Crippen molar-refractivity contribution in [2.75, 3.05) is 5.75 Å². The van der Waals surface area contributed by atoms with Crippen LogP contribution in [0.5, 0.6) is 0 Å². The average Bonchev–Trinajstić information content (AvgIpc) is 2.46. The van der Waals surface area contributed by atoms with Gasteiger partial charge in [0.2, 0.25) is 5.91 Å². The van der Waals surface area contributed by atoms with E-state index in [1.165, 1.54) is 6.07 Å². The van der Waals surface area contributed by atoms with E-state index in [0.29, 0.717) is 17.7 Å². The van der Waals surface area contributed by atoms with E-state index in [0.717, 1.165) is 0 Å². The van der Waals surface area contributed by atoms with Crippen molar-refractivity contribution >= 4 is 27.5 Å². The van der Waals surface area contributed by atoms with Gasteiger partial charge in [0.25, 0.3) is 0 Å². The number of carbonyl (C=O) groups is 1. The van der Waals surface area contributed by atoms with Gasteiger partial charge in [0.15, 0.2) is 9.84 Å². The van der Waals surface area contributed by atoms with Crippen LogP contribution >= 0.6 is 0 Å². The van der Waals surface area contributed by atoms with Crippen LogP contribution in [0.1, 0.15) is 18.9 Å². The van der Waals surface area contributed by atoms with Crippen LogP contribution in [0.15, 0.2) is 40.3 Å². The molecular formula is C16H16N2O3S. The number of nitrogens with one attached hydrogen (secondary N) is 1. The molecule has 2 rings (SSSR count). The molecular weight excluding hydrogens is 300 g/mol. The highest BCUT2D eigenvalue weighted by molar-refractivity contribution is 7.91. The number of hydrogen-bond donors (Lipinski definition) is 1. The largest absolute Gasteiger partial charge is 0.273 e. The summed E-state index contributed by atoms with van der Waals surface area (Å²) < 4.78 is 24.3. The molecule has 1 aromatic carbocycles. The molecule has 1 atom stereocenters. The third kappa shape index (κ3) is 3.62. The molecule has 6 heteroatoms. The van der Waals surface area contributed by atoms with Crippen LogP contribution in [0.4, 0.5) is 0 Å². The summed E-state index contributed by atoms with van der Waals surface area (Å²) in [5.74, 6) is 1.69. The molecule has 0 saturated heterocycles. The topological polar surface area (TPSA) is 75.6 Å². The Morgan fingerprint density at radius 2 is 2.14 bits per heavy atom. The second kappa shape index (κ2) is 6.58. The summed E-state index contributed by atoms with van der Waals surface area (Å²) in [6.07, 6.45) is 8.87. The first-order chi connectivity index (χ1) is 10.4. The van der Waals surface area contributed by atoms with E-state index in [-0.39, 0.29) is 22.5 Å². The van der Waals surface area contributed by atoms with Crippen molar-refractivity contribution in [1.29, 1.82) is 0 Å². The summed E-state index contributed by atoms with van der Waals surface area (Å²) in [6, 6.07) is 6.64. The van der Waals surface area contributed by atoms with E-state index >= 15 is 0 Å². The number of hydrazone groups is 1. The van der Waals surface area contributed by atoms with Crippen LogP contribution in [-0.2, 0) is 14.6 Å². The summed E-state index contributed by atoms with van der Waals surface area (Å²) >= 11 is 0. The van der Waals surface area contributed by atoms with Gasteiger partial charge in [0, 0.05) is 12.3 Å². The minimum atomic E-state index is -3.51. The zero-order valence-electron chi connectivity index (χ0n) is 12.1. The van der Waals surface area contributed by atoms with Crippen molar-refractivity contribution < 1.29 is 13.2 Å². The van der Waals surface area contributed by atoms with Crippen molar-refractivity contribution in [3.8, 4) is 12.3 Å². The predicted octanol–water partition coefficient (Wildman–Crippen LogP) is 1.62. The fourth-order valence-corrected chi connectivity index (χ4v) is 3.29. The van der Waals surface area contributed by atoms with Gasteiger partial charge in [0.05, 0.1) is 10.6 Å². The van der Waals surface area contributed by atoms with Crippen LogP contribution in [0.3, 0.4) is 0 Å². The Hall–Kier alpha value is -2.39. The molecule has 0 radical (unpaired) electrons. The first kappa shape index (κ1) is 16.0. The van der Waals surface area contributed by atoms with E-state index in [1.54, 1.807) is 30.4 Å². The van der Waals surface area contributed by atoms with E-state index in [4.69, 9.17) is 6.42 Å². The number of hydrogen-bond acceptors (Lipinski definition) is 4. The Balaban J connectivity index is 2.34. The maximum Gasteiger partial charge on any atom is 0.240 e. The van der Waals surface area contributed by atoms with E-state index in [1.807, 2.05) is 6.92 Å².